The summed E-state index contributed by atoms with van der Waals surface area (Å²) >= 11 is 0. The first-order chi connectivity index (χ1) is 10.1. The lowest BCUT2D eigenvalue weighted by Gasteiger charge is -2.71. The van der Waals surface area contributed by atoms with E-state index in [-0.39, 0.29) is 17.5 Å². The van der Waals surface area contributed by atoms with Gasteiger partial charge in [0.2, 0.25) is 0 Å². The van der Waals surface area contributed by atoms with Gasteiger partial charge < -0.3 is 4.74 Å². The maximum atomic E-state index is 12.4. The first-order valence-corrected chi connectivity index (χ1v) is 9.33. The molecule has 0 N–H and O–H groups in total. The molecule has 0 aromatic heterocycles. The molecule has 0 heterocycles. The second-order valence-corrected chi connectivity index (χ2v) is 9.08. The number of esters is 1. The van der Waals surface area contributed by atoms with Gasteiger partial charge in [0.25, 0.3) is 0 Å². The summed E-state index contributed by atoms with van der Waals surface area (Å²) in [5, 5.41) is 0. The zero-order valence-electron chi connectivity index (χ0n) is 13.4. The predicted octanol–water partition coefficient (Wildman–Crippen LogP) is 4.04. The Morgan fingerprint density at radius 2 is 1.48 bits per heavy atom. The first-order valence-electron chi connectivity index (χ1n) is 9.33. The van der Waals surface area contributed by atoms with Crippen molar-refractivity contribution in [3.8, 4) is 0 Å². The van der Waals surface area contributed by atoms with Crippen LogP contribution in [0, 0.1) is 47.3 Å². The van der Waals surface area contributed by atoms with Crippen LogP contribution in [-0.4, -0.2) is 11.6 Å². The van der Waals surface area contributed by atoms with Gasteiger partial charge in [0.05, 0.1) is 5.92 Å². The Morgan fingerprint density at radius 1 is 1.00 bits per heavy atom. The lowest BCUT2D eigenvalue weighted by atomic mass is 9.35. The Bertz CT molecular complexity index is 422. The molecular weight excluding hydrogens is 260 g/mol. The smallest absolute Gasteiger partial charge is 0.309 e. The highest BCUT2D eigenvalue weighted by molar-refractivity contribution is 5.72. The number of ether oxygens (including phenoxy) is 1. The molecule has 8 bridgehead atoms. The highest BCUT2D eigenvalue weighted by Gasteiger charge is 2.68. The van der Waals surface area contributed by atoms with Crippen molar-refractivity contribution in [2.45, 2.75) is 64.4 Å². The topological polar surface area (TPSA) is 26.3 Å². The first kappa shape index (κ1) is 13.0. The van der Waals surface area contributed by atoms with Crippen LogP contribution in [0.3, 0.4) is 0 Å². The molecule has 7 rings (SSSR count). The fourth-order valence-corrected chi connectivity index (χ4v) is 7.45. The van der Waals surface area contributed by atoms with Crippen LogP contribution in [0.1, 0.15) is 58.8 Å². The Hall–Kier alpha value is -0.530. The highest BCUT2D eigenvalue weighted by Crippen LogP contribution is 2.72. The van der Waals surface area contributed by atoms with Gasteiger partial charge in [-0.05, 0) is 86.4 Å². The van der Waals surface area contributed by atoms with Gasteiger partial charge in [-0.25, -0.2) is 0 Å². The van der Waals surface area contributed by atoms with Gasteiger partial charge in [-0.2, -0.15) is 0 Å². The third kappa shape index (κ3) is 1.57. The van der Waals surface area contributed by atoms with E-state index in [9.17, 15) is 4.79 Å². The minimum atomic E-state index is -0.0474. The van der Waals surface area contributed by atoms with Crippen LogP contribution >= 0.6 is 0 Å². The number of carbonyl (C=O) groups excluding carboxylic acids is 1. The Kier molecular flexibility index (Phi) is 2.50. The molecule has 7 aliphatic carbocycles. The fraction of sp³-hybridized carbons (Fsp3) is 0.947. The van der Waals surface area contributed by atoms with E-state index in [4.69, 9.17) is 4.74 Å². The molecule has 7 fully saturated rings. The Labute approximate surface area is 128 Å². The van der Waals surface area contributed by atoms with Crippen molar-refractivity contribution in [2.75, 3.05) is 0 Å². The zero-order valence-corrected chi connectivity index (χ0v) is 13.4. The predicted molar refractivity (Wildman–Crippen MR) is 80.4 cm³/mol. The van der Waals surface area contributed by atoms with Gasteiger partial charge in [-0.15, -0.1) is 0 Å². The molecule has 7 saturated carbocycles. The maximum Gasteiger partial charge on any atom is 0.309 e. The van der Waals surface area contributed by atoms with Crippen LogP contribution in [0.4, 0.5) is 0 Å². The van der Waals surface area contributed by atoms with Gasteiger partial charge in [-0.1, -0.05) is 13.8 Å². The van der Waals surface area contributed by atoms with Gasteiger partial charge in [0.15, 0.2) is 0 Å². The summed E-state index contributed by atoms with van der Waals surface area (Å²) in [5.41, 5.74) is -0.0474. The van der Waals surface area contributed by atoms with E-state index in [2.05, 4.69) is 6.92 Å². The molecule has 0 aromatic carbocycles. The van der Waals surface area contributed by atoms with Crippen molar-refractivity contribution < 1.29 is 9.53 Å². The fourth-order valence-electron chi connectivity index (χ4n) is 7.45. The van der Waals surface area contributed by atoms with Crippen molar-refractivity contribution in [3.05, 3.63) is 0 Å². The second-order valence-electron chi connectivity index (χ2n) is 9.08. The maximum absolute atomic E-state index is 12.4. The van der Waals surface area contributed by atoms with E-state index in [1.807, 2.05) is 6.92 Å². The van der Waals surface area contributed by atoms with Gasteiger partial charge in [-0.3, -0.25) is 4.79 Å². The minimum absolute atomic E-state index is 0.0474. The van der Waals surface area contributed by atoms with Crippen LogP contribution in [-0.2, 0) is 9.53 Å². The molecule has 0 aliphatic heterocycles. The van der Waals surface area contributed by atoms with Crippen LogP contribution in [0.25, 0.3) is 0 Å². The largest absolute Gasteiger partial charge is 0.459 e. The number of rotatable bonds is 3. The van der Waals surface area contributed by atoms with E-state index in [1.54, 1.807) is 0 Å². The molecular formula is C19H28O2. The van der Waals surface area contributed by atoms with E-state index < -0.39 is 0 Å². The minimum Gasteiger partial charge on any atom is -0.459 e. The molecule has 0 aromatic rings. The second kappa shape index (κ2) is 4.06. The van der Waals surface area contributed by atoms with E-state index in [1.165, 1.54) is 38.5 Å². The van der Waals surface area contributed by atoms with Crippen molar-refractivity contribution in [1.82, 2.24) is 0 Å². The van der Waals surface area contributed by atoms with E-state index in [0.29, 0.717) is 0 Å². The molecule has 2 nitrogen and oxygen atoms in total. The monoisotopic (exact) mass is 288 g/mol. The highest BCUT2D eigenvalue weighted by atomic mass is 16.6. The molecule has 7 aliphatic rings. The van der Waals surface area contributed by atoms with Gasteiger partial charge in [0, 0.05) is 0 Å². The third-order valence-corrected chi connectivity index (χ3v) is 8.27. The lowest BCUT2D eigenvalue weighted by molar-refractivity contribution is -0.264. The number of hydrogen-bond donors (Lipinski definition) is 0. The molecule has 0 spiro atoms. The quantitative estimate of drug-likeness (QED) is 0.733. The standard InChI is InChI=1S/C19H28O2/c1-3-10(2)18(20)21-19-7-15-12-4-11-5-13(15)17(9-19)14(6-11)16(12)8-19/h10-17H,3-9H2,1-2H3. The Balaban J connectivity index is 1.44. The van der Waals surface area contributed by atoms with Crippen molar-refractivity contribution in [2.24, 2.45) is 47.3 Å². The van der Waals surface area contributed by atoms with Crippen molar-refractivity contribution in [1.29, 1.82) is 0 Å². The molecule has 21 heavy (non-hydrogen) atoms. The zero-order chi connectivity index (χ0) is 14.4. The van der Waals surface area contributed by atoms with Crippen LogP contribution in [0.5, 0.6) is 0 Å². The van der Waals surface area contributed by atoms with Crippen LogP contribution < -0.4 is 0 Å². The lowest BCUT2D eigenvalue weighted by Crippen LogP contribution is -2.68. The summed E-state index contributed by atoms with van der Waals surface area (Å²) in [5.74, 6) is 6.92. The number of carbonyl (C=O) groups is 1. The van der Waals surface area contributed by atoms with Crippen molar-refractivity contribution in [3.63, 3.8) is 0 Å². The van der Waals surface area contributed by atoms with Crippen LogP contribution in [0.2, 0.25) is 0 Å². The molecule has 0 radical (unpaired) electrons. The summed E-state index contributed by atoms with van der Waals surface area (Å²) in [6.07, 6.45) is 9.03. The van der Waals surface area contributed by atoms with Crippen LogP contribution in [0.15, 0.2) is 0 Å². The summed E-state index contributed by atoms with van der Waals surface area (Å²) in [7, 11) is 0. The molecule has 1 unspecified atom stereocenters. The normalized spacial score (nSPS) is 56.8. The molecule has 1 atom stereocenters. The van der Waals surface area contributed by atoms with E-state index in [0.717, 1.165) is 47.8 Å². The number of hydrogen-bond acceptors (Lipinski definition) is 2. The Morgan fingerprint density at radius 3 is 1.90 bits per heavy atom. The summed E-state index contributed by atoms with van der Waals surface area (Å²) in [4.78, 5) is 12.4. The summed E-state index contributed by atoms with van der Waals surface area (Å²) < 4.78 is 6.20. The molecule has 2 heteroatoms. The summed E-state index contributed by atoms with van der Waals surface area (Å²) in [6.45, 7) is 4.11. The molecule has 0 amide bonds. The summed E-state index contributed by atoms with van der Waals surface area (Å²) in [6, 6.07) is 0. The van der Waals surface area contributed by atoms with E-state index >= 15 is 0 Å². The third-order valence-electron chi connectivity index (χ3n) is 8.27. The average Bonchev–Trinajstić information content (AvgIpc) is 2.50. The molecule has 0 saturated heterocycles. The molecule has 116 valence electrons. The average molecular weight is 288 g/mol. The van der Waals surface area contributed by atoms with Crippen molar-refractivity contribution >= 4 is 5.97 Å². The van der Waals surface area contributed by atoms with Gasteiger partial charge in [0.1, 0.15) is 5.60 Å². The SMILES string of the molecule is CCC(C)C(=O)OC12CC3C4CC5CC3C(C1)C(C5)C4C2. The van der Waals surface area contributed by atoms with Gasteiger partial charge >= 0.3 is 5.97 Å².